The number of methoxy groups -OCH3 is 1. The molecule has 7 heteroatoms. The average molecular weight is 425 g/mol. The maximum absolute atomic E-state index is 12.6. The molecule has 2 aromatic carbocycles. The van der Waals surface area contributed by atoms with E-state index in [4.69, 9.17) is 4.74 Å². The zero-order valence-corrected chi connectivity index (χ0v) is 17.9. The minimum Gasteiger partial charge on any atom is -0.467 e. The van der Waals surface area contributed by atoms with E-state index in [1.54, 1.807) is 10.8 Å². The van der Waals surface area contributed by atoms with Gasteiger partial charge in [0.1, 0.15) is 6.04 Å². The highest BCUT2D eigenvalue weighted by atomic mass is 32.2. The first kappa shape index (κ1) is 21.6. The summed E-state index contributed by atoms with van der Waals surface area (Å²) in [7, 11) is 1.30. The van der Waals surface area contributed by atoms with Crippen LogP contribution in [0.5, 0.6) is 0 Å². The lowest BCUT2D eigenvalue weighted by molar-refractivity contribution is -0.144. The lowest BCUT2D eigenvalue weighted by Crippen LogP contribution is -2.44. The standard InChI is InChI=1S/C23H24N2O4S/c1-15(26)24-21(23(28)29-3)22(30-14-17-9-5-4-6-10-17)19-13-25(16(2)27)20-12-8-7-11-18(19)20/h4-13,21-22H,14H2,1-3H3,(H,24,26). The van der Waals surface area contributed by atoms with Gasteiger partial charge < -0.3 is 10.1 Å². The number of ether oxygens (including phenoxy) is 1. The highest BCUT2D eigenvalue weighted by Gasteiger charge is 2.34. The number of hydrogen-bond acceptors (Lipinski definition) is 5. The van der Waals surface area contributed by atoms with Crippen LogP contribution in [0.25, 0.3) is 10.9 Å². The van der Waals surface area contributed by atoms with Gasteiger partial charge in [-0.25, -0.2) is 4.79 Å². The fraction of sp³-hybridized carbons (Fsp3) is 0.261. The molecular formula is C23H24N2O4S. The first-order chi connectivity index (χ1) is 14.4. The molecule has 0 aliphatic carbocycles. The van der Waals surface area contributed by atoms with Crippen molar-refractivity contribution in [3.63, 3.8) is 0 Å². The number of aromatic nitrogens is 1. The Hall–Kier alpha value is -3.06. The van der Waals surface area contributed by atoms with Crippen LogP contribution in [0.4, 0.5) is 0 Å². The van der Waals surface area contributed by atoms with Crippen LogP contribution in [-0.4, -0.2) is 35.5 Å². The van der Waals surface area contributed by atoms with E-state index in [0.29, 0.717) is 5.75 Å². The third-order valence-corrected chi connectivity index (χ3v) is 6.16. The molecule has 0 bridgehead atoms. The summed E-state index contributed by atoms with van der Waals surface area (Å²) in [6, 6.07) is 16.5. The lowest BCUT2D eigenvalue weighted by Gasteiger charge is -2.25. The molecule has 1 N–H and O–H groups in total. The highest BCUT2D eigenvalue weighted by Crippen LogP contribution is 2.39. The summed E-state index contributed by atoms with van der Waals surface area (Å²) in [6.07, 6.45) is 1.76. The number of hydrogen-bond donors (Lipinski definition) is 1. The number of carbonyl (C=O) groups is 3. The SMILES string of the molecule is COC(=O)C(NC(C)=O)C(SCc1ccccc1)c1cn(C(C)=O)c2ccccc12. The van der Waals surface area contributed by atoms with Crippen molar-refractivity contribution in [3.8, 4) is 0 Å². The predicted molar refractivity (Wildman–Crippen MR) is 118 cm³/mol. The molecular weight excluding hydrogens is 400 g/mol. The van der Waals surface area contributed by atoms with Crippen molar-refractivity contribution < 1.29 is 19.1 Å². The van der Waals surface area contributed by atoms with Gasteiger partial charge in [-0.2, -0.15) is 0 Å². The van der Waals surface area contributed by atoms with Crippen LogP contribution < -0.4 is 5.32 Å². The number of fused-ring (bicyclic) bond motifs is 1. The number of nitrogens with one attached hydrogen (secondary N) is 1. The van der Waals surface area contributed by atoms with E-state index in [2.05, 4.69) is 5.32 Å². The van der Waals surface area contributed by atoms with Crippen molar-refractivity contribution >= 4 is 40.4 Å². The van der Waals surface area contributed by atoms with Gasteiger partial charge in [0, 0.05) is 31.2 Å². The Morgan fingerprint density at radius 3 is 2.33 bits per heavy atom. The third-order valence-electron chi connectivity index (χ3n) is 4.78. The molecule has 0 aliphatic heterocycles. The van der Waals surface area contributed by atoms with Gasteiger partial charge in [-0.3, -0.25) is 14.2 Å². The van der Waals surface area contributed by atoms with E-state index in [1.165, 1.54) is 32.7 Å². The molecule has 3 aromatic rings. The number of thioether (sulfide) groups is 1. The van der Waals surface area contributed by atoms with Crippen LogP contribution in [0.3, 0.4) is 0 Å². The molecule has 1 aromatic heterocycles. The van der Waals surface area contributed by atoms with Gasteiger partial charge in [0.2, 0.25) is 11.8 Å². The second kappa shape index (κ2) is 9.63. The molecule has 2 unspecified atom stereocenters. The zero-order chi connectivity index (χ0) is 21.7. The van der Waals surface area contributed by atoms with Gasteiger partial charge in [0.25, 0.3) is 0 Å². The average Bonchev–Trinajstić information content (AvgIpc) is 3.13. The summed E-state index contributed by atoms with van der Waals surface area (Å²) < 4.78 is 6.57. The highest BCUT2D eigenvalue weighted by molar-refractivity contribution is 7.98. The topological polar surface area (TPSA) is 77.4 Å². The smallest absolute Gasteiger partial charge is 0.329 e. The molecule has 1 heterocycles. The Morgan fingerprint density at radius 2 is 1.70 bits per heavy atom. The fourth-order valence-electron chi connectivity index (χ4n) is 3.42. The predicted octanol–water partition coefficient (Wildman–Crippen LogP) is 3.95. The van der Waals surface area contributed by atoms with E-state index in [-0.39, 0.29) is 11.8 Å². The fourth-order valence-corrected chi connectivity index (χ4v) is 4.73. The van der Waals surface area contributed by atoms with E-state index < -0.39 is 17.3 Å². The Kier molecular flexibility index (Phi) is 6.95. The van der Waals surface area contributed by atoms with Crippen LogP contribution in [-0.2, 0) is 20.1 Å². The molecule has 0 spiro atoms. The molecule has 1 amide bonds. The largest absolute Gasteiger partial charge is 0.467 e. The quantitative estimate of drug-likeness (QED) is 0.581. The lowest BCUT2D eigenvalue weighted by atomic mass is 10.0. The van der Waals surface area contributed by atoms with Crippen molar-refractivity contribution in [1.29, 1.82) is 0 Å². The maximum Gasteiger partial charge on any atom is 0.329 e. The summed E-state index contributed by atoms with van der Waals surface area (Å²) in [6.45, 7) is 2.86. The van der Waals surface area contributed by atoms with E-state index in [0.717, 1.165) is 22.0 Å². The Morgan fingerprint density at radius 1 is 1.03 bits per heavy atom. The van der Waals surface area contributed by atoms with Gasteiger partial charge in [0.15, 0.2) is 0 Å². The first-order valence-electron chi connectivity index (χ1n) is 9.53. The summed E-state index contributed by atoms with van der Waals surface area (Å²) in [5.74, 6) is -0.363. The van der Waals surface area contributed by atoms with Gasteiger partial charge in [-0.1, -0.05) is 48.5 Å². The number of esters is 1. The maximum atomic E-state index is 12.6. The second-order valence-electron chi connectivity index (χ2n) is 6.91. The Balaban J connectivity index is 2.10. The van der Waals surface area contributed by atoms with Crippen LogP contribution in [0.15, 0.2) is 60.8 Å². The van der Waals surface area contributed by atoms with Crippen molar-refractivity contribution in [2.24, 2.45) is 0 Å². The number of benzene rings is 2. The van der Waals surface area contributed by atoms with Crippen LogP contribution in [0.2, 0.25) is 0 Å². The van der Waals surface area contributed by atoms with E-state index in [9.17, 15) is 14.4 Å². The number of nitrogens with zero attached hydrogens (tertiary/aromatic N) is 1. The van der Waals surface area contributed by atoms with Gasteiger partial charge in [0.05, 0.1) is 17.9 Å². The molecule has 0 fully saturated rings. The summed E-state index contributed by atoms with van der Waals surface area (Å²) in [4.78, 5) is 36.7. The van der Waals surface area contributed by atoms with Crippen molar-refractivity contribution in [1.82, 2.24) is 9.88 Å². The normalized spacial score (nSPS) is 12.9. The molecule has 3 rings (SSSR count). The minimum absolute atomic E-state index is 0.126. The molecule has 0 radical (unpaired) electrons. The molecule has 0 saturated heterocycles. The monoisotopic (exact) mass is 424 g/mol. The summed E-state index contributed by atoms with van der Waals surface area (Å²) in [5.41, 5.74) is 2.65. The number of amides is 1. The molecule has 0 saturated carbocycles. The minimum atomic E-state index is -0.896. The molecule has 0 aliphatic rings. The summed E-state index contributed by atoms with van der Waals surface area (Å²) >= 11 is 1.52. The van der Waals surface area contributed by atoms with Crippen LogP contribution in [0.1, 0.15) is 35.0 Å². The number of carbonyl (C=O) groups excluding carboxylic acids is 3. The van der Waals surface area contributed by atoms with Crippen LogP contribution in [0, 0.1) is 0 Å². The van der Waals surface area contributed by atoms with Gasteiger partial charge in [-0.15, -0.1) is 11.8 Å². The molecule has 30 heavy (non-hydrogen) atoms. The first-order valence-corrected chi connectivity index (χ1v) is 10.6. The number of para-hydroxylation sites is 1. The summed E-state index contributed by atoms with van der Waals surface area (Å²) in [5, 5.41) is 3.15. The van der Waals surface area contributed by atoms with Gasteiger partial charge >= 0.3 is 5.97 Å². The van der Waals surface area contributed by atoms with E-state index >= 15 is 0 Å². The molecule has 6 nitrogen and oxygen atoms in total. The Bertz CT molecular complexity index is 1060. The molecule has 156 valence electrons. The van der Waals surface area contributed by atoms with Crippen LogP contribution >= 0.6 is 11.8 Å². The zero-order valence-electron chi connectivity index (χ0n) is 17.1. The van der Waals surface area contributed by atoms with Crippen molar-refractivity contribution in [2.75, 3.05) is 7.11 Å². The van der Waals surface area contributed by atoms with Crippen molar-refractivity contribution in [3.05, 3.63) is 71.9 Å². The second-order valence-corrected chi connectivity index (χ2v) is 8.04. The third kappa shape index (κ3) is 4.74. The Labute approximate surface area is 179 Å². The number of rotatable bonds is 7. The van der Waals surface area contributed by atoms with E-state index in [1.807, 2.05) is 54.6 Å². The molecule has 2 atom stereocenters. The van der Waals surface area contributed by atoms with Crippen molar-refractivity contribution in [2.45, 2.75) is 30.9 Å². The van der Waals surface area contributed by atoms with Gasteiger partial charge in [-0.05, 0) is 17.2 Å².